The first-order chi connectivity index (χ1) is 7.90. The van der Waals surface area contributed by atoms with Crippen LogP contribution < -0.4 is 5.73 Å². The molecule has 2 unspecified atom stereocenters. The molecule has 2 nitrogen and oxygen atoms in total. The van der Waals surface area contributed by atoms with Crippen LogP contribution >= 0.6 is 0 Å². The van der Waals surface area contributed by atoms with Gasteiger partial charge < -0.3 is 10.8 Å². The number of rotatable bonds is 0. The van der Waals surface area contributed by atoms with E-state index in [9.17, 15) is 5.11 Å². The summed E-state index contributed by atoms with van der Waals surface area (Å²) in [6.45, 7) is 6.24. The fourth-order valence-electron chi connectivity index (χ4n) is 3.25. The minimum Gasteiger partial charge on any atom is -0.507 e. The molecule has 0 radical (unpaired) electrons. The third-order valence-corrected chi connectivity index (χ3v) is 4.66. The molecule has 3 rings (SSSR count). The molecule has 0 aliphatic heterocycles. The molecule has 0 aromatic heterocycles. The van der Waals surface area contributed by atoms with Crippen molar-refractivity contribution in [3.05, 3.63) is 58.6 Å². The van der Waals surface area contributed by atoms with Crippen LogP contribution in [-0.2, 0) is 0 Å². The smallest absolute Gasteiger partial charge is 0.122 e. The summed E-state index contributed by atoms with van der Waals surface area (Å²) in [4.78, 5) is 0. The Bertz CT molecular complexity index is 574. The van der Waals surface area contributed by atoms with Crippen LogP contribution in [0, 0.1) is 10.8 Å². The molecule has 88 valence electrons. The number of aliphatic hydroxyl groups excluding tert-OH is 1. The summed E-state index contributed by atoms with van der Waals surface area (Å²) in [5, 5.41) is 10.3. The summed E-state index contributed by atoms with van der Waals surface area (Å²) in [6.07, 6.45) is 10.3. The molecule has 0 aromatic carbocycles. The van der Waals surface area contributed by atoms with Gasteiger partial charge in [-0.05, 0) is 24.1 Å². The van der Waals surface area contributed by atoms with Crippen LogP contribution in [0.5, 0.6) is 0 Å². The standard InChI is InChI=1S/C15H17NO/c1-9-8-12(16)10-4-6-14(2)7-5-11(13(9)17)15(10,14)3/h4-8,17H,16H2,1-3H3. The molecule has 3 aliphatic rings. The fourth-order valence-corrected chi connectivity index (χ4v) is 3.25. The largest absolute Gasteiger partial charge is 0.507 e. The molecule has 0 heterocycles. The summed E-state index contributed by atoms with van der Waals surface area (Å²) in [6, 6.07) is 0. The predicted octanol–water partition coefficient (Wildman–Crippen LogP) is 3.12. The second-order valence-corrected chi connectivity index (χ2v) is 5.53. The Hall–Kier alpha value is -1.70. The molecule has 0 saturated carbocycles. The highest BCUT2D eigenvalue weighted by Crippen LogP contribution is 2.62. The Morgan fingerprint density at radius 2 is 1.71 bits per heavy atom. The van der Waals surface area contributed by atoms with Crippen molar-refractivity contribution >= 4 is 0 Å². The Kier molecular flexibility index (Phi) is 1.69. The molecular weight excluding hydrogens is 210 g/mol. The van der Waals surface area contributed by atoms with Crippen molar-refractivity contribution in [2.75, 3.05) is 0 Å². The van der Waals surface area contributed by atoms with E-state index in [1.807, 2.05) is 19.1 Å². The summed E-state index contributed by atoms with van der Waals surface area (Å²) >= 11 is 0. The number of allylic oxidation sites excluding steroid dienone is 8. The van der Waals surface area contributed by atoms with Gasteiger partial charge in [0, 0.05) is 22.1 Å². The van der Waals surface area contributed by atoms with Crippen molar-refractivity contribution in [2.24, 2.45) is 16.6 Å². The van der Waals surface area contributed by atoms with Gasteiger partial charge in [0.15, 0.2) is 0 Å². The molecule has 2 heteroatoms. The van der Waals surface area contributed by atoms with Crippen molar-refractivity contribution in [2.45, 2.75) is 20.8 Å². The van der Waals surface area contributed by atoms with E-state index >= 15 is 0 Å². The van der Waals surface area contributed by atoms with E-state index in [-0.39, 0.29) is 10.8 Å². The summed E-state index contributed by atoms with van der Waals surface area (Å²) in [5.41, 5.74) is 9.54. The Balaban J connectivity index is 2.41. The Morgan fingerprint density at radius 1 is 1.12 bits per heavy atom. The van der Waals surface area contributed by atoms with Gasteiger partial charge in [-0.1, -0.05) is 38.2 Å². The zero-order valence-corrected chi connectivity index (χ0v) is 10.4. The number of nitrogens with two attached hydrogens (primary N) is 1. The highest BCUT2D eigenvalue weighted by molar-refractivity contribution is 5.63. The predicted molar refractivity (Wildman–Crippen MR) is 69.1 cm³/mol. The van der Waals surface area contributed by atoms with Crippen LogP contribution in [0.25, 0.3) is 0 Å². The third-order valence-electron chi connectivity index (χ3n) is 4.66. The van der Waals surface area contributed by atoms with Gasteiger partial charge in [-0.15, -0.1) is 0 Å². The molecule has 0 bridgehead atoms. The topological polar surface area (TPSA) is 46.2 Å². The van der Waals surface area contributed by atoms with Crippen molar-refractivity contribution in [1.82, 2.24) is 0 Å². The maximum Gasteiger partial charge on any atom is 0.122 e. The number of hydrogen-bond donors (Lipinski definition) is 2. The van der Waals surface area contributed by atoms with Gasteiger partial charge in [0.05, 0.1) is 0 Å². The van der Waals surface area contributed by atoms with Crippen LogP contribution in [0.15, 0.2) is 58.6 Å². The summed E-state index contributed by atoms with van der Waals surface area (Å²) in [5.74, 6) is 0.370. The molecule has 0 aromatic rings. The number of hydrogen-bond acceptors (Lipinski definition) is 2. The maximum atomic E-state index is 10.3. The lowest BCUT2D eigenvalue weighted by molar-refractivity contribution is 0.305. The van der Waals surface area contributed by atoms with Gasteiger partial charge in [-0.3, -0.25) is 0 Å². The molecule has 0 saturated heterocycles. The van der Waals surface area contributed by atoms with E-state index in [1.54, 1.807) is 0 Å². The molecule has 0 fully saturated rings. The van der Waals surface area contributed by atoms with Gasteiger partial charge in [0.25, 0.3) is 0 Å². The summed E-state index contributed by atoms with van der Waals surface area (Å²) in [7, 11) is 0. The Morgan fingerprint density at radius 3 is 2.35 bits per heavy atom. The zero-order valence-electron chi connectivity index (χ0n) is 10.4. The summed E-state index contributed by atoms with van der Waals surface area (Å²) < 4.78 is 0. The van der Waals surface area contributed by atoms with Crippen molar-refractivity contribution in [1.29, 1.82) is 0 Å². The van der Waals surface area contributed by atoms with Crippen LogP contribution in [0.3, 0.4) is 0 Å². The highest BCUT2D eigenvalue weighted by atomic mass is 16.3. The maximum absolute atomic E-state index is 10.3. The van der Waals surface area contributed by atoms with Gasteiger partial charge in [-0.2, -0.15) is 0 Å². The molecule has 0 amide bonds. The van der Waals surface area contributed by atoms with Crippen LogP contribution in [0.2, 0.25) is 0 Å². The molecule has 0 spiro atoms. The van der Waals surface area contributed by atoms with E-state index in [0.717, 1.165) is 22.4 Å². The van der Waals surface area contributed by atoms with E-state index in [1.165, 1.54) is 0 Å². The van der Waals surface area contributed by atoms with Crippen molar-refractivity contribution in [3.63, 3.8) is 0 Å². The van der Waals surface area contributed by atoms with Gasteiger partial charge in [0.2, 0.25) is 0 Å². The van der Waals surface area contributed by atoms with E-state index < -0.39 is 0 Å². The SMILES string of the molecule is CC1=CC(N)=C2C=CC3(C)C=CC(=C1O)C23C. The second-order valence-electron chi connectivity index (χ2n) is 5.53. The molecule has 3 aliphatic carbocycles. The van der Waals surface area contributed by atoms with Gasteiger partial charge in [0.1, 0.15) is 5.76 Å². The first kappa shape index (κ1) is 10.5. The highest BCUT2D eigenvalue weighted by Gasteiger charge is 2.54. The minimum absolute atomic E-state index is 0.0747. The van der Waals surface area contributed by atoms with Crippen LogP contribution in [0.1, 0.15) is 20.8 Å². The lowest BCUT2D eigenvalue weighted by Gasteiger charge is -2.36. The first-order valence-corrected chi connectivity index (χ1v) is 5.91. The van der Waals surface area contributed by atoms with E-state index in [2.05, 4.69) is 32.1 Å². The molecule has 3 N–H and O–H groups in total. The molecule has 2 atom stereocenters. The lowest BCUT2D eigenvalue weighted by Crippen LogP contribution is -2.31. The van der Waals surface area contributed by atoms with Gasteiger partial charge >= 0.3 is 0 Å². The average Bonchev–Trinajstić information content (AvgIpc) is 2.62. The fraction of sp³-hybridized carbons (Fsp3) is 0.333. The minimum atomic E-state index is -0.227. The average molecular weight is 227 g/mol. The Labute approximate surface area is 102 Å². The van der Waals surface area contributed by atoms with E-state index in [0.29, 0.717) is 5.76 Å². The van der Waals surface area contributed by atoms with E-state index in [4.69, 9.17) is 5.73 Å². The normalized spacial score (nSPS) is 38.6. The van der Waals surface area contributed by atoms with Crippen LogP contribution in [0.4, 0.5) is 0 Å². The first-order valence-electron chi connectivity index (χ1n) is 5.91. The number of aliphatic hydroxyl groups is 1. The third kappa shape index (κ3) is 0.967. The van der Waals surface area contributed by atoms with Gasteiger partial charge in [-0.25, -0.2) is 0 Å². The lowest BCUT2D eigenvalue weighted by atomic mass is 9.65. The zero-order chi connectivity index (χ0) is 12.4. The van der Waals surface area contributed by atoms with Crippen LogP contribution in [-0.4, -0.2) is 5.11 Å². The quantitative estimate of drug-likeness (QED) is 0.668. The second kappa shape index (κ2) is 2.76. The van der Waals surface area contributed by atoms with Crippen molar-refractivity contribution < 1.29 is 5.11 Å². The monoisotopic (exact) mass is 227 g/mol. The molecule has 17 heavy (non-hydrogen) atoms. The molecular formula is C15H17NO. The van der Waals surface area contributed by atoms with Crippen molar-refractivity contribution in [3.8, 4) is 0 Å².